The summed E-state index contributed by atoms with van der Waals surface area (Å²) in [6.45, 7) is 3.19. The van der Waals surface area contributed by atoms with Gasteiger partial charge >= 0.3 is 6.03 Å². The normalized spacial score (nSPS) is 10.1. The average molecular weight is 266 g/mol. The molecule has 0 aromatic carbocycles. The first-order valence-electron chi connectivity index (χ1n) is 6.34. The molecule has 1 rings (SSSR count). The molecule has 0 unspecified atom stereocenters. The molecular weight excluding hydrogens is 244 g/mol. The molecule has 106 valence electrons. The van der Waals surface area contributed by atoms with Gasteiger partial charge in [0.15, 0.2) is 0 Å². The fourth-order valence-corrected chi connectivity index (χ4v) is 1.58. The number of carbonyl (C=O) groups is 1. The maximum atomic E-state index is 11.3. The van der Waals surface area contributed by atoms with Gasteiger partial charge in [0.1, 0.15) is 18.0 Å². The lowest BCUT2D eigenvalue weighted by Crippen LogP contribution is -2.37. The minimum absolute atomic E-state index is 0.113. The van der Waals surface area contributed by atoms with Gasteiger partial charge in [-0.2, -0.15) is 0 Å². The van der Waals surface area contributed by atoms with Gasteiger partial charge in [-0.3, -0.25) is 0 Å². The van der Waals surface area contributed by atoms with Gasteiger partial charge in [0, 0.05) is 32.7 Å². The van der Waals surface area contributed by atoms with Crippen LogP contribution < -0.4 is 16.4 Å². The van der Waals surface area contributed by atoms with Crippen LogP contribution in [0.5, 0.6) is 0 Å². The first kappa shape index (κ1) is 15.0. The molecule has 1 heterocycles. The first-order chi connectivity index (χ1) is 9.06. The van der Waals surface area contributed by atoms with Gasteiger partial charge in [0.25, 0.3) is 0 Å². The zero-order valence-corrected chi connectivity index (χ0v) is 11.7. The highest BCUT2D eigenvalue weighted by atomic mass is 16.2. The van der Waals surface area contributed by atoms with Crippen molar-refractivity contribution in [2.75, 3.05) is 38.2 Å². The Morgan fingerprint density at radius 2 is 2.11 bits per heavy atom. The third-order valence-electron chi connectivity index (χ3n) is 2.58. The zero-order valence-electron chi connectivity index (χ0n) is 11.7. The predicted molar refractivity (Wildman–Crippen MR) is 76.0 cm³/mol. The summed E-state index contributed by atoms with van der Waals surface area (Å²) in [5.41, 5.74) is 6.77. The second-order valence-electron chi connectivity index (χ2n) is 4.39. The van der Waals surface area contributed by atoms with Crippen LogP contribution in [0.1, 0.15) is 18.9 Å². The summed E-state index contributed by atoms with van der Waals surface area (Å²) in [7, 11) is 3.40. The number of anilines is 2. The minimum atomic E-state index is -0.113. The molecule has 2 amide bonds. The molecule has 0 saturated heterocycles. The minimum Gasteiger partial charge on any atom is -0.383 e. The van der Waals surface area contributed by atoms with Crippen LogP contribution in [-0.4, -0.2) is 48.1 Å². The molecule has 0 spiro atoms. The molecule has 0 saturated carbocycles. The van der Waals surface area contributed by atoms with E-state index in [1.165, 1.54) is 11.2 Å². The van der Waals surface area contributed by atoms with E-state index in [0.717, 1.165) is 24.2 Å². The monoisotopic (exact) mass is 266 g/mol. The van der Waals surface area contributed by atoms with Gasteiger partial charge in [-0.25, -0.2) is 14.8 Å². The predicted octanol–water partition coefficient (Wildman–Crippen LogP) is 0.694. The lowest BCUT2D eigenvalue weighted by molar-refractivity contribution is 0.218. The van der Waals surface area contributed by atoms with Crippen LogP contribution in [0.2, 0.25) is 0 Å². The van der Waals surface area contributed by atoms with E-state index in [4.69, 9.17) is 5.73 Å². The number of rotatable bonds is 6. The number of hydrogen-bond acceptors (Lipinski definition) is 5. The lowest BCUT2D eigenvalue weighted by atomic mass is 10.1. The third kappa shape index (κ3) is 4.61. The van der Waals surface area contributed by atoms with E-state index in [1.807, 2.05) is 0 Å². The van der Waals surface area contributed by atoms with Crippen molar-refractivity contribution in [2.45, 2.75) is 19.8 Å². The quantitative estimate of drug-likeness (QED) is 0.658. The number of nitrogens with one attached hydrogen (secondary N) is 2. The van der Waals surface area contributed by atoms with E-state index in [0.29, 0.717) is 18.9 Å². The summed E-state index contributed by atoms with van der Waals surface area (Å²) in [4.78, 5) is 21.0. The fraction of sp³-hybridized carbons (Fsp3) is 0.583. The summed E-state index contributed by atoms with van der Waals surface area (Å²) in [6.07, 6.45) is 3.25. The van der Waals surface area contributed by atoms with E-state index in [-0.39, 0.29) is 6.03 Å². The van der Waals surface area contributed by atoms with E-state index in [2.05, 4.69) is 27.5 Å². The Morgan fingerprint density at radius 3 is 2.74 bits per heavy atom. The van der Waals surface area contributed by atoms with Crippen molar-refractivity contribution in [3.05, 3.63) is 11.9 Å². The Morgan fingerprint density at radius 1 is 1.37 bits per heavy atom. The molecule has 1 aromatic rings. The summed E-state index contributed by atoms with van der Waals surface area (Å²) in [6, 6.07) is -0.113. The van der Waals surface area contributed by atoms with Crippen LogP contribution in [0.15, 0.2) is 6.33 Å². The van der Waals surface area contributed by atoms with E-state index in [1.54, 1.807) is 14.1 Å². The Hall–Kier alpha value is -2.05. The van der Waals surface area contributed by atoms with Crippen molar-refractivity contribution in [3.8, 4) is 0 Å². The fourth-order valence-electron chi connectivity index (χ4n) is 1.58. The van der Waals surface area contributed by atoms with Crippen LogP contribution in [0.4, 0.5) is 16.4 Å². The molecular formula is C12H22N6O. The van der Waals surface area contributed by atoms with E-state index in [9.17, 15) is 4.79 Å². The maximum Gasteiger partial charge on any atom is 0.316 e. The highest BCUT2D eigenvalue weighted by Crippen LogP contribution is 2.18. The van der Waals surface area contributed by atoms with Crippen LogP contribution in [0.3, 0.4) is 0 Å². The molecule has 0 fully saturated rings. The Labute approximate surface area is 113 Å². The van der Waals surface area contributed by atoms with Crippen molar-refractivity contribution >= 4 is 17.7 Å². The number of urea groups is 1. The van der Waals surface area contributed by atoms with Crippen molar-refractivity contribution < 1.29 is 4.79 Å². The Balaban J connectivity index is 2.49. The highest BCUT2D eigenvalue weighted by molar-refractivity contribution is 5.73. The highest BCUT2D eigenvalue weighted by Gasteiger charge is 2.08. The third-order valence-corrected chi connectivity index (χ3v) is 2.58. The summed E-state index contributed by atoms with van der Waals surface area (Å²) >= 11 is 0. The standard InChI is InChI=1S/C12H22N6O/c1-4-5-9-10(13)16-8-17-11(9)14-6-7-15-12(19)18(2)3/h8H,4-7H2,1-3H3,(H,15,19)(H3,13,14,16,17). The van der Waals surface area contributed by atoms with Crippen LogP contribution in [0, 0.1) is 0 Å². The van der Waals surface area contributed by atoms with Crippen molar-refractivity contribution in [2.24, 2.45) is 0 Å². The molecule has 19 heavy (non-hydrogen) atoms. The number of hydrogen-bond donors (Lipinski definition) is 3. The first-order valence-corrected chi connectivity index (χ1v) is 6.34. The molecule has 0 radical (unpaired) electrons. The molecule has 0 aliphatic rings. The second-order valence-corrected chi connectivity index (χ2v) is 4.39. The SMILES string of the molecule is CCCc1c(N)ncnc1NCCNC(=O)N(C)C. The summed E-state index contributed by atoms with van der Waals surface area (Å²) in [5, 5.41) is 5.94. The summed E-state index contributed by atoms with van der Waals surface area (Å²) < 4.78 is 0. The van der Waals surface area contributed by atoms with Gasteiger partial charge in [0.2, 0.25) is 0 Å². The molecule has 0 bridgehead atoms. The van der Waals surface area contributed by atoms with Crippen LogP contribution in [-0.2, 0) is 6.42 Å². The second kappa shape index (κ2) is 7.40. The number of amides is 2. The zero-order chi connectivity index (χ0) is 14.3. The van der Waals surface area contributed by atoms with Crippen molar-refractivity contribution in [1.82, 2.24) is 20.2 Å². The molecule has 0 atom stereocenters. The molecule has 4 N–H and O–H groups in total. The number of nitrogens with zero attached hydrogens (tertiary/aromatic N) is 3. The van der Waals surface area contributed by atoms with Gasteiger partial charge < -0.3 is 21.3 Å². The van der Waals surface area contributed by atoms with Gasteiger partial charge in [-0.15, -0.1) is 0 Å². The van der Waals surface area contributed by atoms with Gasteiger partial charge in [-0.1, -0.05) is 13.3 Å². The van der Waals surface area contributed by atoms with Crippen LogP contribution >= 0.6 is 0 Å². The smallest absolute Gasteiger partial charge is 0.316 e. The van der Waals surface area contributed by atoms with Crippen molar-refractivity contribution in [3.63, 3.8) is 0 Å². The largest absolute Gasteiger partial charge is 0.383 e. The number of aromatic nitrogens is 2. The van der Waals surface area contributed by atoms with Gasteiger partial charge in [0.05, 0.1) is 0 Å². The molecule has 0 aliphatic carbocycles. The van der Waals surface area contributed by atoms with E-state index >= 15 is 0 Å². The summed E-state index contributed by atoms with van der Waals surface area (Å²) in [5.74, 6) is 1.25. The topological polar surface area (TPSA) is 96.2 Å². The van der Waals surface area contributed by atoms with Crippen LogP contribution in [0.25, 0.3) is 0 Å². The number of carbonyl (C=O) groups excluding carboxylic acids is 1. The van der Waals surface area contributed by atoms with E-state index < -0.39 is 0 Å². The number of nitrogen functional groups attached to an aromatic ring is 1. The molecule has 1 aromatic heterocycles. The molecule has 7 nitrogen and oxygen atoms in total. The van der Waals surface area contributed by atoms with Crippen molar-refractivity contribution in [1.29, 1.82) is 0 Å². The Kier molecular flexibility index (Phi) is 5.84. The van der Waals surface area contributed by atoms with Gasteiger partial charge in [-0.05, 0) is 6.42 Å². The lowest BCUT2D eigenvalue weighted by Gasteiger charge is -2.14. The maximum absolute atomic E-state index is 11.3. The average Bonchev–Trinajstić information content (AvgIpc) is 2.37. The Bertz CT molecular complexity index is 421. The number of nitrogens with two attached hydrogens (primary N) is 1. The molecule has 0 aliphatic heterocycles. The molecule has 7 heteroatoms.